The topological polar surface area (TPSA) is 156 Å². The molecule has 0 bridgehead atoms. The molecule has 12 heteroatoms. The van der Waals surface area contributed by atoms with Gasteiger partial charge in [0.25, 0.3) is 15.9 Å². The summed E-state index contributed by atoms with van der Waals surface area (Å²) in [7, 11) is -3.94. The first-order chi connectivity index (χ1) is 19.2. The number of benzene rings is 3. The van der Waals surface area contributed by atoms with Crippen molar-refractivity contribution in [1.82, 2.24) is 19.9 Å². The lowest BCUT2D eigenvalue weighted by atomic mass is 10.1. The predicted octanol–water partition coefficient (Wildman–Crippen LogP) is 4.31. The number of rotatable bonds is 8. The summed E-state index contributed by atoms with van der Waals surface area (Å²) in [6.45, 7) is 3.16. The standard InChI is InChI=1S/C28H24N6O5S/c1-17-15-16-29-28(30-17)34-40(37,38)20-13-11-19(12-14-20)31-26(35)18(2)39-27(36)22-8-4-3-7-21(22)25-32-23-9-5-6-10-24(23)33-25/h3-16,18H,1-2H3,(H,31,35)(H,32,33)(H,29,30,34). The smallest absolute Gasteiger partial charge is 0.339 e. The maximum atomic E-state index is 13.0. The number of amides is 1. The van der Waals surface area contributed by atoms with E-state index in [9.17, 15) is 18.0 Å². The van der Waals surface area contributed by atoms with Crippen LogP contribution in [0.5, 0.6) is 0 Å². The zero-order chi connectivity index (χ0) is 28.3. The number of esters is 1. The van der Waals surface area contributed by atoms with Gasteiger partial charge in [0.15, 0.2) is 6.10 Å². The SMILES string of the molecule is Cc1ccnc(NS(=O)(=O)c2ccc(NC(=O)C(C)OC(=O)c3ccccc3-c3nc4ccccc4[nH]3)cc2)n1. The van der Waals surface area contributed by atoms with Crippen LogP contribution in [0.3, 0.4) is 0 Å². The van der Waals surface area contributed by atoms with Crippen molar-refractivity contribution >= 4 is 44.6 Å². The van der Waals surface area contributed by atoms with E-state index in [0.717, 1.165) is 11.0 Å². The van der Waals surface area contributed by atoms with Gasteiger partial charge in [-0.25, -0.2) is 32.9 Å². The van der Waals surface area contributed by atoms with Gasteiger partial charge >= 0.3 is 5.97 Å². The Morgan fingerprint density at radius 3 is 2.40 bits per heavy atom. The number of para-hydroxylation sites is 2. The number of imidazole rings is 1. The van der Waals surface area contributed by atoms with Crippen molar-refractivity contribution in [3.8, 4) is 11.4 Å². The molecule has 1 unspecified atom stereocenters. The maximum Gasteiger partial charge on any atom is 0.339 e. The molecule has 0 fully saturated rings. The molecular formula is C28H24N6O5S. The maximum absolute atomic E-state index is 13.0. The number of carbonyl (C=O) groups is 2. The fourth-order valence-electron chi connectivity index (χ4n) is 3.86. The Balaban J connectivity index is 1.24. The summed E-state index contributed by atoms with van der Waals surface area (Å²) >= 11 is 0. The molecule has 1 atom stereocenters. The van der Waals surface area contributed by atoms with Crippen molar-refractivity contribution < 1.29 is 22.7 Å². The van der Waals surface area contributed by atoms with E-state index in [1.54, 1.807) is 37.3 Å². The molecule has 0 saturated carbocycles. The van der Waals surface area contributed by atoms with E-state index < -0.39 is 28.0 Å². The molecule has 5 aromatic rings. The second-order valence-corrected chi connectivity index (χ2v) is 10.5. The molecule has 1 amide bonds. The lowest BCUT2D eigenvalue weighted by molar-refractivity contribution is -0.123. The normalized spacial score (nSPS) is 12.1. The molecule has 0 saturated heterocycles. The quantitative estimate of drug-likeness (QED) is 0.239. The molecule has 3 N–H and O–H groups in total. The van der Waals surface area contributed by atoms with E-state index >= 15 is 0 Å². The molecule has 11 nitrogen and oxygen atoms in total. The van der Waals surface area contributed by atoms with Gasteiger partial charge in [-0.1, -0.05) is 30.3 Å². The number of ether oxygens (including phenoxy) is 1. The number of carbonyl (C=O) groups excluding carboxylic acids is 2. The predicted molar refractivity (Wildman–Crippen MR) is 149 cm³/mol. The van der Waals surface area contributed by atoms with E-state index in [0.29, 0.717) is 22.8 Å². The molecule has 3 aromatic carbocycles. The summed E-state index contributed by atoms with van der Waals surface area (Å²) < 4.78 is 33.1. The fourth-order valence-corrected chi connectivity index (χ4v) is 4.81. The lowest BCUT2D eigenvalue weighted by Gasteiger charge is -2.15. The number of sulfonamides is 1. The van der Waals surface area contributed by atoms with Gasteiger partial charge < -0.3 is 15.0 Å². The first kappa shape index (κ1) is 26.5. The Morgan fingerprint density at radius 1 is 0.925 bits per heavy atom. The van der Waals surface area contributed by atoms with E-state index in [4.69, 9.17) is 4.74 Å². The largest absolute Gasteiger partial charge is 0.449 e. The Bertz CT molecular complexity index is 1790. The average Bonchev–Trinajstić information content (AvgIpc) is 3.37. The Hall–Kier alpha value is -5.10. The molecule has 2 aromatic heterocycles. The van der Waals surface area contributed by atoms with Gasteiger partial charge in [-0.15, -0.1) is 0 Å². The van der Waals surface area contributed by atoms with Crippen LogP contribution in [0.2, 0.25) is 0 Å². The summed E-state index contributed by atoms with van der Waals surface area (Å²) in [5.41, 5.74) is 3.30. The zero-order valence-electron chi connectivity index (χ0n) is 21.5. The van der Waals surface area contributed by atoms with Crippen molar-refractivity contribution in [3.63, 3.8) is 0 Å². The van der Waals surface area contributed by atoms with Crippen molar-refractivity contribution in [1.29, 1.82) is 0 Å². The third-order valence-corrected chi connectivity index (χ3v) is 7.24. The summed E-state index contributed by atoms with van der Waals surface area (Å²) in [4.78, 5) is 41.4. The number of hydrogen-bond donors (Lipinski definition) is 3. The van der Waals surface area contributed by atoms with E-state index in [2.05, 4.69) is 30.0 Å². The van der Waals surface area contributed by atoms with Crippen molar-refractivity contribution in [3.05, 3.63) is 96.3 Å². The van der Waals surface area contributed by atoms with Crippen LogP contribution in [0.1, 0.15) is 23.0 Å². The minimum Gasteiger partial charge on any atom is -0.449 e. The highest BCUT2D eigenvalue weighted by Crippen LogP contribution is 2.25. The van der Waals surface area contributed by atoms with Crippen LogP contribution >= 0.6 is 0 Å². The molecule has 0 radical (unpaired) electrons. The number of H-pyrrole nitrogens is 1. The molecule has 202 valence electrons. The van der Waals surface area contributed by atoms with E-state index in [1.807, 2.05) is 24.3 Å². The monoisotopic (exact) mass is 556 g/mol. The molecule has 0 aliphatic rings. The Morgan fingerprint density at radius 2 is 1.65 bits per heavy atom. The lowest BCUT2D eigenvalue weighted by Crippen LogP contribution is -2.30. The number of anilines is 2. The fraction of sp³-hybridized carbons (Fsp3) is 0.107. The van der Waals surface area contributed by atoms with Gasteiger partial charge in [0, 0.05) is 23.1 Å². The van der Waals surface area contributed by atoms with Crippen LogP contribution in [0.4, 0.5) is 11.6 Å². The average molecular weight is 557 g/mol. The number of aromatic nitrogens is 4. The Labute approximate surface area is 229 Å². The van der Waals surface area contributed by atoms with E-state index in [-0.39, 0.29) is 16.4 Å². The van der Waals surface area contributed by atoms with Crippen molar-refractivity contribution in [2.45, 2.75) is 24.8 Å². The molecular weight excluding hydrogens is 532 g/mol. The first-order valence-electron chi connectivity index (χ1n) is 12.2. The summed E-state index contributed by atoms with van der Waals surface area (Å²) in [5.74, 6) is -0.819. The van der Waals surface area contributed by atoms with Gasteiger partial charge in [0.05, 0.1) is 21.5 Å². The number of nitrogens with one attached hydrogen (secondary N) is 3. The molecule has 0 aliphatic carbocycles. The first-order valence-corrected chi connectivity index (χ1v) is 13.7. The number of hydrogen-bond acceptors (Lipinski definition) is 8. The van der Waals surface area contributed by atoms with Gasteiger partial charge in [0.2, 0.25) is 5.95 Å². The van der Waals surface area contributed by atoms with Crippen molar-refractivity contribution in [2.24, 2.45) is 0 Å². The van der Waals surface area contributed by atoms with Crippen molar-refractivity contribution in [2.75, 3.05) is 10.0 Å². The summed E-state index contributed by atoms with van der Waals surface area (Å²) in [6.07, 6.45) is 0.310. The van der Waals surface area contributed by atoms with Crippen LogP contribution < -0.4 is 10.0 Å². The molecule has 2 heterocycles. The third kappa shape index (κ3) is 5.81. The molecule has 5 rings (SSSR count). The molecule has 0 aliphatic heterocycles. The van der Waals surface area contributed by atoms with Crippen LogP contribution in [0.15, 0.2) is 90.0 Å². The number of fused-ring (bicyclic) bond motifs is 1. The third-order valence-electron chi connectivity index (χ3n) is 5.90. The zero-order valence-corrected chi connectivity index (χ0v) is 22.3. The molecule has 40 heavy (non-hydrogen) atoms. The summed E-state index contributed by atoms with van der Waals surface area (Å²) in [5, 5.41) is 2.62. The van der Waals surface area contributed by atoms with Gasteiger partial charge in [-0.05, 0) is 62.4 Å². The minimum absolute atomic E-state index is 0.0442. The van der Waals surface area contributed by atoms with E-state index in [1.165, 1.54) is 37.4 Å². The number of nitrogens with zero attached hydrogens (tertiary/aromatic N) is 3. The van der Waals surface area contributed by atoms with Gasteiger partial charge in [0.1, 0.15) is 5.82 Å². The van der Waals surface area contributed by atoms with Crippen LogP contribution in [0, 0.1) is 6.92 Å². The molecule has 0 spiro atoms. The summed E-state index contributed by atoms with van der Waals surface area (Å²) in [6, 6.07) is 21.5. The second-order valence-electron chi connectivity index (χ2n) is 8.84. The highest BCUT2D eigenvalue weighted by molar-refractivity contribution is 7.92. The minimum atomic E-state index is -3.94. The van der Waals surface area contributed by atoms with Gasteiger partial charge in [-0.3, -0.25) is 4.79 Å². The van der Waals surface area contributed by atoms with Crippen LogP contribution in [-0.2, 0) is 19.6 Å². The van der Waals surface area contributed by atoms with Crippen LogP contribution in [0.25, 0.3) is 22.4 Å². The number of aryl methyl sites for hydroxylation is 1. The highest BCUT2D eigenvalue weighted by atomic mass is 32.2. The second kappa shape index (κ2) is 10.9. The number of aromatic amines is 1. The Kier molecular flexibility index (Phi) is 7.25. The van der Waals surface area contributed by atoms with Crippen LogP contribution in [-0.4, -0.2) is 46.3 Å². The highest BCUT2D eigenvalue weighted by Gasteiger charge is 2.23. The van der Waals surface area contributed by atoms with Gasteiger partial charge in [-0.2, -0.15) is 0 Å².